The van der Waals surface area contributed by atoms with Gasteiger partial charge in [-0.1, -0.05) is 12.8 Å². The lowest BCUT2D eigenvalue weighted by Crippen LogP contribution is -2.49. The summed E-state index contributed by atoms with van der Waals surface area (Å²) >= 11 is 0. The van der Waals surface area contributed by atoms with Crippen molar-refractivity contribution in [3.8, 4) is 0 Å². The molecule has 6 nitrogen and oxygen atoms in total. The first-order chi connectivity index (χ1) is 15.2. The summed E-state index contributed by atoms with van der Waals surface area (Å²) in [7, 11) is 0. The third-order valence-electron chi connectivity index (χ3n) is 8.02. The number of amides is 1. The first-order valence-corrected chi connectivity index (χ1v) is 12.9. The molecule has 3 fully saturated rings. The molecule has 2 saturated heterocycles. The number of ether oxygens (including phenoxy) is 2. The van der Waals surface area contributed by atoms with Gasteiger partial charge >= 0.3 is 0 Å². The summed E-state index contributed by atoms with van der Waals surface area (Å²) in [6.07, 6.45) is 13.2. The van der Waals surface area contributed by atoms with E-state index in [4.69, 9.17) is 9.47 Å². The van der Waals surface area contributed by atoms with Crippen LogP contribution in [0.1, 0.15) is 71.1 Å². The fourth-order valence-corrected chi connectivity index (χ4v) is 6.01. The second kappa shape index (κ2) is 11.2. The fourth-order valence-electron chi connectivity index (χ4n) is 6.01. The topological polar surface area (TPSA) is 62.2 Å². The average molecular weight is 435 g/mol. The van der Waals surface area contributed by atoms with Crippen LogP contribution in [-0.4, -0.2) is 72.5 Å². The first kappa shape index (κ1) is 23.1. The SMILES string of the molecule is CCO[C@@H]1OC(C(=O)N2CCC(N3CCCCC3)CC2)=C[C@H](C2CCC2)[C@H]1CCCO. The maximum atomic E-state index is 13.4. The Kier molecular flexibility index (Phi) is 8.30. The summed E-state index contributed by atoms with van der Waals surface area (Å²) < 4.78 is 12.2. The summed E-state index contributed by atoms with van der Waals surface area (Å²) in [4.78, 5) is 18.0. The Morgan fingerprint density at radius 2 is 1.84 bits per heavy atom. The number of aliphatic hydroxyl groups is 1. The molecule has 0 aromatic heterocycles. The number of piperidine rings is 2. The highest BCUT2D eigenvalue weighted by molar-refractivity contribution is 5.91. The largest absolute Gasteiger partial charge is 0.459 e. The van der Waals surface area contributed by atoms with Crippen molar-refractivity contribution in [2.24, 2.45) is 17.8 Å². The summed E-state index contributed by atoms with van der Waals surface area (Å²) in [6.45, 7) is 6.83. The maximum absolute atomic E-state index is 13.4. The van der Waals surface area contributed by atoms with Crippen molar-refractivity contribution >= 4 is 5.91 Å². The predicted octanol–water partition coefficient (Wildman–Crippen LogP) is 3.55. The minimum Gasteiger partial charge on any atom is -0.459 e. The van der Waals surface area contributed by atoms with E-state index in [1.54, 1.807) is 0 Å². The van der Waals surface area contributed by atoms with Gasteiger partial charge in [0.1, 0.15) is 0 Å². The van der Waals surface area contributed by atoms with Crippen LogP contribution in [0.5, 0.6) is 0 Å². The lowest BCUT2D eigenvalue weighted by atomic mass is 9.68. The van der Waals surface area contributed by atoms with Gasteiger partial charge < -0.3 is 24.4 Å². The van der Waals surface area contributed by atoms with E-state index >= 15 is 0 Å². The molecule has 0 aromatic rings. The second-order valence-electron chi connectivity index (χ2n) is 9.89. The third kappa shape index (κ3) is 5.45. The van der Waals surface area contributed by atoms with Crippen LogP contribution in [0.25, 0.3) is 0 Å². The Morgan fingerprint density at radius 1 is 1.10 bits per heavy atom. The van der Waals surface area contributed by atoms with Crippen molar-refractivity contribution in [1.82, 2.24) is 9.80 Å². The zero-order valence-electron chi connectivity index (χ0n) is 19.3. The average Bonchev–Trinajstić information content (AvgIpc) is 2.77. The summed E-state index contributed by atoms with van der Waals surface area (Å²) in [5, 5.41) is 9.37. The molecule has 1 aliphatic carbocycles. The normalized spacial score (nSPS) is 31.1. The zero-order chi connectivity index (χ0) is 21.6. The van der Waals surface area contributed by atoms with Gasteiger partial charge in [0.15, 0.2) is 5.76 Å². The zero-order valence-corrected chi connectivity index (χ0v) is 19.3. The van der Waals surface area contributed by atoms with Gasteiger partial charge in [-0.05, 0) is 89.3 Å². The summed E-state index contributed by atoms with van der Waals surface area (Å²) in [5.74, 6) is 1.70. The highest BCUT2D eigenvalue weighted by Gasteiger charge is 2.43. The number of rotatable bonds is 8. The summed E-state index contributed by atoms with van der Waals surface area (Å²) in [6, 6.07) is 0.632. The molecule has 3 aliphatic heterocycles. The standard InChI is InChI=1S/C25H42N2O4/c1-2-30-25-21(10-7-17-28)22(19-8-6-9-19)18-23(31-25)24(29)27-15-11-20(12-16-27)26-13-4-3-5-14-26/h18-22,25,28H,2-17H2,1H3/t21-,22-,25-/m1/s1. The summed E-state index contributed by atoms with van der Waals surface area (Å²) in [5.41, 5.74) is 0. The van der Waals surface area contributed by atoms with E-state index < -0.39 is 0 Å². The molecular formula is C25H42N2O4. The molecule has 3 heterocycles. The van der Waals surface area contributed by atoms with Crippen molar-refractivity contribution in [1.29, 1.82) is 0 Å². The molecule has 31 heavy (non-hydrogen) atoms. The lowest BCUT2D eigenvalue weighted by Gasteiger charge is -2.44. The van der Waals surface area contributed by atoms with Crippen LogP contribution in [0.15, 0.2) is 11.8 Å². The van der Waals surface area contributed by atoms with Crippen LogP contribution in [-0.2, 0) is 14.3 Å². The minimum absolute atomic E-state index is 0.0479. The van der Waals surface area contributed by atoms with Gasteiger partial charge in [-0.25, -0.2) is 0 Å². The molecule has 0 spiro atoms. The van der Waals surface area contributed by atoms with E-state index in [0.717, 1.165) is 38.8 Å². The number of carbonyl (C=O) groups excluding carboxylic acids is 1. The van der Waals surface area contributed by atoms with Crippen LogP contribution in [0.4, 0.5) is 0 Å². The molecule has 0 bridgehead atoms. The van der Waals surface area contributed by atoms with E-state index in [9.17, 15) is 9.90 Å². The number of likely N-dealkylation sites (tertiary alicyclic amines) is 2. The molecule has 4 aliphatic rings. The number of hydrogen-bond donors (Lipinski definition) is 1. The van der Waals surface area contributed by atoms with E-state index in [0.29, 0.717) is 30.2 Å². The Bertz CT molecular complexity index is 607. The smallest absolute Gasteiger partial charge is 0.288 e. The molecule has 0 radical (unpaired) electrons. The number of allylic oxidation sites excluding steroid dienone is 1. The van der Waals surface area contributed by atoms with Gasteiger partial charge in [-0.15, -0.1) is 0 Å². The number of nitrogens with zero attached hydrogens (tertiary/aromatic N) is 2. The molecule has 0 aromatic carbocycles. The maximum Gasteiger partial charge on any atom is 0.288 e. The lowest BCUT2D eigenvalue weighted by molar-refractivity contribution is -0.181. The van der Waals surface area contributed by atoms with Gasteiger partial charge in [0, 0.05) is 38.3 Å². The third-order valence-corrected chi connectivity index (χ3v) is 8.02. The van der Waals surface area contributed by atoms with Crippen molar-refractivity contribution in [3.05, 3.63) is 11.8 Å². The molecular weight excluding hydrogens is 392 g/mol. The van der Waals surface area contributed by atoms with Gasteiger partial charge in [-0.3, -0.25) is 4.79 Å². The quantitative estimate of drug-likeness (QED) is 0.633. The minimum atomic E-state index is -0.378. The fraction of sp³-hybridized carbons (Fsp3) is 0.880. The van der Waals surface area contributed by atoms with Crippen molar-refractivity contribution in [2.75, 3.05) is 39.4 Å². The Balaban J connectivity index is 1.42. The first-order valence-electron chi connectivity index (χ1n) is 12.9. The van der Waals surface area contributed by atoms with Gasteiger partial charge in [0.25, 0.3) is 5.91 Å². The van der Waals surface area contributed by atoms with Crippen molar-refractivity contribution < 1.29 is 19.4 Å². The molecule has 3 atom stereocenters. The van der Waals surface area contributed by atoms with E-state index in [2.05, 4.69) is 11.0 Å². The Labute approximate surface area is 187 Å². The second-order valence-corrected chi connectivity index (χ2v) is 9.89. The Morgan fingerprint density at radius 3 is 2.45 bits per heavy atom. The monoisotopic (exact) mass is 434 g/mol. The van der Waals surface area contributed by atoms with Crippen LogP contribution in [0, 0.1) is 17.8 Å². The molecule has 4 rings (SSSR count). The number of carbonyl (C=O) groups is 1. The predicted molar refractivity (Wildman–Crippen MR) is 120 cm³/mol. The number of aliphatic hydroxyl groups excluding tert-OH is 1. The molecule has 1 saturated carbocycles. The van der Waals surface area contributed by atoms with E-state index in [1.807, 2.05) is 11.8 Å². The molecule has 6 heteroatoms. The van der Waals surface area contributed by atoms with Gasteiger partial charge in [0.05, 0.1) is 0 Å². The van der Waals surface area contributed by atoms with Crippen LogP contribution < -0.4 is 0 Å². The Hall–Kier alpha value is -1.11. The van der Waals surface area contributed by atoms with E-state index in [1.165, 1.54) is 51.6 Å². The van der Waals surface area contributed by atoms with Gasteiger partial charge in [-0.2, -0.15) is 0 Å². The van der Waals surface area contributed by atoms with Gasteiger partial charge in [0.2, 0.25) is 6.29 Å². The molecule has 0 unspecified atom stereocenters. The van der Waals surface area contributed by atoms with Crippen LogP contribution in [0.3, 0.4) is 0 Å². The van der Waals surface area contributed by atoms with E-state index in [-0.39, 0.29) is 24.7 Å². The molecule has 1 amide bonds. The van der Waals surface area contributed by atoms with Crippen LogP contribution in [0.2, 0.25) is 0 Å². The highest BCUT2D eigenvalue weighted by Crippen LogP contribution is 2.45. The highest BCUT2D eigenvalue weighted by atomic mass is 16.7. The van der Waals surface area contributed by atoms with Crippen LogP contribution >= 0.6 is 0 Å². The van der Waals surface area contributed by atoms with Crippen molar-refractivity contribution in [3.63, 3.8) is 0 Å². The number of hydrogen-bond acceptors (Lipinski definition) is 5. The van der Waals surface area contributed by atoms with Crippen molar-refractivity contribution in [2.45, 2.75) is 83.5 Å². The molecule has 1 N–H and O–H groups in total. The molecule has 176 valence electrons.